The Balaban J connectivity index is 1.64. The normalized spacial score (nSPS) is 13.3. The molecule has 0 aliphatic carbocycles. The number of rotatable bonds is 5. The molecule has 132 valence electrons. The van der Waals surface area contributed by atoms with Gasteiger partial charge in [0.25, 0.3) is 0 Å². The zero-order valence-corrected chi connectivity index (χ0v) is 14.5. The fourth-order valence-corrected chi connectivity index (χ4v) is 2.99. The van der Waals surface area contributed by atoms with E-state index in [0.29, 0.717) is 25.9 Å². The highest BCUT2D eigenvalue weighted by Gasteiger charge is 2.22. The van der Waals surface area contributed by atoms with Crippen molar-refractivity contribution in [3.8, 4) is 11.5 Å². The second-order valence-electron chi connectivity index (χ2n) is 5.94. The van der Waals surface area contributed by atoms with Crippen molar-refractivity contribution in [3.63, 3.8) is 0 Å². The first-order valence-corrected chi connectivity index (χ1v) is 8.19. The number of methoxy groups -OCH3 is 2. The molecule has 0 saturated heterocycles. The average molecular weight is 342 g/mol. The Morgan fingerprint density at radius 1 is 1.32 bits per heavy atom. The third-order valence-corrected chi connectivity index (χ3v) is 4.42. The predicted molar refractivity (Wildman–Crippen MR) is 93.4 cm³/mol. The smallest absolute Gasteiger partial charge is 0.223 e. The van der Waals surface area contributed by atoms with Gasteiger partial charge >= 0.3 is 0 Å². The second kappa shape index (κ2) is 7.38. The van der Waals surface area contributed by atoms with Crippen molar-refractivity contribution in [3.05, 3.63) is 41.2 Å². The van der Waals surface area contributed by atoms with Crippen molar-refractivity contribution in [2.24, 2.45) is 0 Å². The number of aryl methyl sites for hydroxylation is 1. The number of fused-ring (bicyclic) bond motifs is 1. The Hall–Kier alpha value is -2.83. The molecule has 0 spiro atoms. The Bertz CT molecular complexity index is 779. The third-order valence-electron chi connectivity index (χ3n) is 4.42. The standard InChI is InChI=1S/C18H22N4O3/c1-24-14-5-3-12(16(9-14)25-2)4-6-17(23)22-8-7-13-10-20-18(19)21-15(13)11-22/h3,5,9-10H,4,6-8,11H2,1-2H3,(H2,19,20,21). The molecule has 0 radical (unpaired) electrons. The lowest BCUT2D eigenvalue weighted by Crippen LogP contribution is -2.36. The zero-order valence-electron chi connectivity index (χ0n) is 14.5. The van der Waals surface area contributed by atoms with Gasteiger partial charge in [-0.3, -0.25) is 4.79 Å². The van der Waals surface area contributed by atoms with Crippen molar-refractivity contribution in [1.82, 2.24) is 14.9 Å². The summed E-state index contributed by atoms with van der Waals surface area (Å²) in [6.07, 6.45) is 3.54. The van der Waals surface area contributed by atoms with E-state index in [9.17, 15) is 4.79 Å². The number of carbonyl (C=O) groups is 1. The summed E-state index contributed by atoms with van der Waals surface area (Å²) in [5.74, 6) is 1.81. The molecule has 1 aliphatic rings. The summed E-state index contributed by atoms with van der Waals surface area (Å²) in [6.45, 7) is 1.17. The molecule has 1 aromatic heterocycles. The monoisotopic (exact) mass is 342 g/mol. The molecule has 3 rings (SSSR count). The number of ether oxygens (including phenoxy) is 2. The van der Waals surface area contributed by atoms with Crippen LogP contribution in [-0.4, -0.2) is 41.5 Å². The van der Waals surface area contributed by atoms with Crippen LogP contribution in [0.15, 0.2) is 24.4 Å². The summed E-state index contributed by atoms with van der Waals surface area (Å²) < 4.78 is 10.6. The van der Waals surface area contributed by atoms with Gasteiger partial charge in [-0.2, -0.15) is 0 Å². The Kier molecular flexibility index (Phi) is 5.02. The van der Waals surface area contributed by atoms with E-state index in [1.807, 2.05) is 23.1 Å². The Labute approximate surface area is 146 Å². The molecule has 0 fully saturated rings. The Morgan fingerprint density at radius 3 is 2.92 bits per heavy atom. The molecule has 7 nitrogen and oxygen atoms in total. The van der Waals surface area contributed by atoms with Crippen LogP contribution in [0.4, 0.5) is 5.95 Å². The van der Waals surface area contributed by atoms with Crippen molar-refractivity contribution < 1.29 is 14.3 Å². The van der Waals surface area contributed by atoms with Crippen molar-refractivity contribution in [1.29, 1.82) is 0 Å². The molecule has 1 aromatic carbocycles. The van der Waals surface area contributed by atoms with E-state index in [0.717, 1.165) is 34.7 Å². The summed E-state index contributed by atoms with van der Waals surface area (Å²) in [4.78, 5) is 22.7. The van der Waals surface area contributed by atoms with E-state index in [-0.39, 0.29) is 11.9 Å². The average Bonchev–Trinajstić information content (AvgIpc) is 2.65. The van der Waals surface area contributed by atoms with Gasteiger partial charge in [0.15, 0.2) is 0 Å². The van der Waals surface area contributed by atoms with Gasteiger partial charge in [-0.1, -0.05) is 6.07 Å². The zero-order chi connectivity index (χ0) is 17.8. The molecule has 0 saturated carbocycles. The number of carbonyl (C=O) groups excluding carboxylic acids is 1. The van der Waals surface area contributed by atoms with Crippen LogP contribution in [0.2, 0.25) is 0 Å². The maximum absolute atomic E-state index is 12.6. The molecule has 0 unspecified atom stereocenters. The molecule has 0 bridgehead atoms. The lowest BCUT2D eigenvalue weighted by atomic mass is 10.0. The minimum Gasteiger partial charge on any atom is -0.497 e. The van der Waals surface area contributed by atoms with Crippen LogP contribution < -0.4 is 15.2 Å². The van der Waals surface area contributed by atoms with Crippen LogP contribution in [0, 0.1) is 0 Å². The summed E-state index contributed by atoms with van der Waals surface area (Å²) >= 11 is 0. The van der Waals surface area contributed by atoms with Gasteiger partial charge in [0.05, 0.1) is 26.5 Å². The SMILES string of the molecule is COc1ccc(CCC(=O)N2CCc3cnc(N)nc3C2)c(OC)c1. The van der Waals surface area contributed by atoms with Crippen molar-refractivity contribution in [2.75, 3.05) is 26.5 Å². The first kappa shape index (κ1) is 17.0. The van der Waals surface area contributed by atoms with Crippen LogP contribution in [-0.2, 0) is 24.2 Å². The molecular formula is C18H22N4O3. The Morgan fingerprint density at radius 2 is 2.16 bits per heavy atom. The van der Waals surface area contributed by atoms with Crippen LogP contribution in [0.25, 0.3) is 0 Å². The summed E-state index contributed by atoms with van der Waals surface area (Å²) in [6, 6.07) is 5.64. The van der Waals surface area contributed by atoms with Gasteiger partial charge in [0, 0.05) is 25.2 Å². The number of nitrogens with two attached hydrogens (primary N) is 1. The van der Waals surface area contributed by atoms with Crippen molar-refractivity contribution >= 4 is 11.9 Å². The number of aromatic nitrogens is 2. The van der Waals surface area contributed by atoms with Gasteiger partial charge in [-0.05, 0) is 30.0 Å². The van der Waals surface area contributed by atoms with Gasteiger partial charge in [-0.25, -0.2) is 9.97 Å². The fraction of sp³-hybridized carbons (Fsp3) is 0.389. The van der Waals surface area contributed by atoms with Crippen LogP contribution in [0.5, 0.6) is 11.5 Å². The first-order valence-electron chi connectivity index (χ1n) is 8.19. The molecule has 2 N–H and O–H groups in total. The lowest BCUT2D eigenvalue weighted by molar-refractivity contribution is -0.132. The number of amides is 1. The fourth-order valence-electron chi connectivity index (χ4n) is 2.99. The summed E-state index contributed by atoms with van der Waals surface area (Å²) in [5, 5.41) is 0. The summed E-state index contributed by atoms with van der Waals surface area (Å²) in [5.41, 5.74) is 8.54. The van der Waals surface area contributed by atoms with Crippen molar-refractivity contribution in [2.45, 2.75) is 25.8 Å². The number of anilines is 1. The highest BCUT2D eigenvalue weighted by molar-refractivity contribution is 5.76. The quantitative estimate of drug-likeness (QED) is 0.887. The maximum Gasteiger partial charge on any atom is 0.223 e. The second-order valence-corrected chi connectivity index (χ2v) is 5.94. The van der Waals surface area contributed by atoms with E-state index >= 15 is 0 Å². The molecule has 0 atom stereocenters. The minimum absolute atomic E-state index is 0.0979. The molecule has 7 heteroatoms. The van der Waals surface area contributed by atoms with Crippen LogP contribution in [0.3, 0.4) is 0 Å². The molecule has 25 heavy (non-hydrogen) atoms. The van der Waals surface area contributed by atoms with Crippen LogP contribution >= 0.6 is 0 Å². The largest absolute Gasteiger partial charge is 0.497 e. The van der Waals surface area contributed by atoms with E-state index in [1.54, 1.807) is 20.4 Å². The van der Waals surface area contributed by atoms with E-state index in [2.05, 4.69) is 9.97 Å². The first-order chi connectivity index (χ1) is 12.1. The summed E-state index contributed by atoms with van der Waals surface area (Å²) in [7, 11) is 3.23. The highest BCUT2D eigenvalue weighted by Crippen LogP contribution is 2.26. The molecule has 2 heterocycles. The molecule has 2 aromatic rings. The van der Waals surface area contributed by atoms with Gasteiger partial charge < -0.3 is 20.1 Å². The number of hydrogen-bond donors (Lipinski definition) is 1. The number of nitrogens with zero attached hydrogens (tertiary/aromatic N) is 3. The molecule has 1 amide bonds. The topological polar surface area (TPSA) is 90.6 Å². The van der Waals surface area contributed by atoms with Gasteiger partial charge in [0.2, 0.25) is 11.9 Å². The highest BCUT2D eigenvalue weighted by atomic mass is 16.5. The number of hydrogen-bond acceptors (Lipinski definition) is 6. The predicted octanol–water partition coefficient (Wildman–Crippen LogP) is 1.59. The lowest BCUT2D eigenvalue weighted by Gasteiger charge is -2.28. The van der Waals surface area contributed by atoms with Gasteiger partial charge in [-0.15, -0.1) is 0 Å². The van der Waals surface area contributed by atoms with E-state index in [4.69, 9.17) is 15.2 Å². The number of benzene rings is 1. The van der Waals surface area contributed by atoms with E-state index in [1.165, 1.54) is 0 Å². The number of nitrogen functional groups attached to an aromatic ring is 1. The molecular weight excluding hydrogens is 320 g/mol. The third kappa shape index (κ3) is 3.81. The van der Waals surface area contributed by atoms with E-state index < -0.39 is 0 Å². The molecule has 1 aliphatic heterocycles. The van der Waals surface area contributed by atoms with Crippen LogP contribution in [0.1, 0.15) is 23.2 Å². The maximum atomic E-state index is 12.6. The minimum atomic E-state index is 0.0979. The van der Waals surface area contributed by atoms with Gasteiger partial charge in [0.1, 0.15) is 11.5 Å².